The lowest BCUT2D eigenvalue weighted by molar-refractivity contribution is -0.192. The summed E-state index contributed by atoms with van der Waals surface area (Å²) in [4.78, 5) is 15.6. The van der Waals surface area contributed by atoms with Crippen molar-refractivity contribution in [2.75, 3.05) is 25.0 Å². The monoisotopic (exact) mass is 452 g/mol. The molecule has 2 aliphatic rings. The highest BCUT2D eigenvalue weighted by atomic mass is 19.4. The fourth-order valence-electron chi connectivity index (χ4n) is 3.86. The molecule has 2 aliphatic heterocycles. The Morgan fingerprint density at radius 3 is 2.78 bits per heavy atom. The van der Waals surface area contributed by atoms with Gasteiger partial charge in [-0.3, -0.25) is 4.90 Å². The average molecular weight is 452 g/mol. The van der Waals surface area contributed by atoms with Crippen molar-refractivity contribution in [1.29, 1.82) is 5.26 Å². The molecule has 8 nitrogen and oxygen atoms in total. The SMILES string of the molecule is Cc1ccc(CN2CCC3(CC(Nc4cccc(C#N)n4)CO3)C2)o1.O=C(O)C(F)(F)F. The Bertz CT molecular complexity index is 988. The fourth-order valence-corrected chi connectivity index (χ4v) is 3.86. The summed E-state index contributed by atoms with van der Waals surface area (Å²) in [7, 11) is 0. The van der Waals surface area contributed by atoms with Crippen molar-refractivity contribution in [3.05, 3.63) is 47.5 Å². The van der Waals surface area contributed by atoms with Gasteiger partial charge in [0.05, 0.1) is 24.8 Å². The highest BCUT2D eigenvalue weighted by Gasteiger charge is 2.45. The smallest absolute Gasteiger partial charge is 0.475 e. The average Bonchev–Trinajstić information content (AvgIpc) is 3.43. The Balaban J connectivity index is 0.000000360. The first-order valence-electron chi connectivity index (χ1n) is 9.94. The van der Waals surface area contributed by atoms with Crippen LogP contribution in [0, 0.1) is 18.3 Å². The molecule has 172 valence electrons. The minimum atomic E-state index is -5.08. The van der Waals surface area contributed by atoms with E-state index in [4.69, 9.17) is 24.3 Å². The van der Waals surface area contributed by atoms with Crippen molar-refractivity contribution in [2.24, 2.45) is 0 Å². The minimum Gasteiger partial charge on any atom is -0.475 e. The maximum absolute atomic E-state index is 10.6. The summed E-state index contributed by atoms with van der Waals surface area (Å²) in [5.74, 6) is -0.0461. The van der Waals surface area contributed by atoms with Crippen LogP contribution < -0.4 is 5.32 Å². The molecule has 2 aromatic rings. The standard InChI is InChI=1S/C19H22N4O2.C2HF3O2/c1-14-5-6-17(25-14)11-23-8-7-19(13-23)9-16(12-24-19)22-18-4-2-3-15(10-20)21-18;3-2(4,5)1(6)7/h2-6,16H,7-9,11-13H2,1H3,(H,21,22);(H,6,7). The van der Waals surface area contributed by atoms with E-state index in [1.165, 1.54) is 0 Å². The van der Waals surface area contributed by atoms with Gasteiger partial charge in [0.2, 0.25) is 0 Å². The molecule has 2 fully saturated rings. The van der Waals surface area contributed by atoms with E-state index in [1.807, 2.05) is 31.2 Å². The number of carboxylic acids is 1. The summed E-state index contributed by atoms with van der Waals surface area (Å²) in [6, 6.07) is 11.8. The molecule has 0 radical (unpaired) electrons. The van der Waals surface area contributed by atoms with Crippen LogP contribution in [-0.4, -0.2) is 58.5 Å². The van der Waals surface area contributed by atoms with E-state index in [0.29, 0.717) is 12.3 Å². The van der Waals surface area contributed by atoms with Crippen LogP contribution in [0.4, 0.5) is 19.0 Å². The number of rotatable bonds is 4. The van der Waals surface area contributed by atoms with Gasteiger partial charge < -0.3 is 19.6 Å². The van der Waals surface area contributed by atoms with Gasteiger partial charge in [0, 0.05) is 19.5 Å². The zero-order valence-corrected chi connectivity index (χ0v) is 17.4. The fraction of sp³-hybridized carbons (Fsp3) is 0.476. The third-order valence-electron chi connectivity index (χ3n) is 5.24. The van der Waals surface area contributed by atoms with Gasteiger partial charge in [-0.15, -0.1) is 0 Å². The number of carbonyl (C=O) groups is 1. The number of likely N-dealkylation sites (tertiary alicyclic amines) is 1. The second-order valence-electron chi connectivity index (χ2n) is 7.84. The molecule has 2 atom stereocenters. The molecule has 2 aromatic heterocycles. The van der Waals surface area contributed by atoms with Crippen molar-refractivity contribution >= 4 is 11.8 Å². The number of aliphatic carboxylic acids is 1. The Morgan fingerprint density at radius 2 is 2.16 bits per heavy atom. The Morgan fingerprint density at radius 1 is 1.41 bits per heavy atom. The number of pyridine rings is 1. The van der Waals surface area contributed by atoms with Crippen LogP contribution in [0.2, 0.25) is 0 Å². The third kappa shape index (κ3) is 6.21. The molecule has 1 spiro atoms. The molecule has 11 heteroatoms. The van der Waals surface area contributed by atoms with E-state index in [-0.39, 0.29) is 11.6 Å². The number of nitriles is 1. The van der Waals surface area contributed by atoms with Crippen LogP contribution in [0.5, 0.6) is 0 Å². The van der Waals surface area contributed by atoms with Gasteiger partial charge in [-0.1, -0.05) is 6.07 Å². The Labute approximate surface area is 182 Å². The lowest BCUT2D eigenvalue weighted by Gasteiger charge is -2.23. The van der Waals surface area contributed by atoms with Gasteiger partial charge in [-0.2, -0.15) is 18.4 Å². The molecule has 2 saturated heterocycles. The largest absolute Gasteiger partial charge is 0.490 e. The van der Waals surface area contributed by atoms with E-state index in [2.05, 4.69) is 21.3 Å². The molecular weight excluding hydrogens is 429 g/mol. The van der Waals surface area contributed by atoms with Crippen LogP contribution in [0.15, 0.2) is 34.7 Å². The van der Waals surface area contributed by atoms with Gasteiger partial charge in [-0.25, -0.2) is 9.78 Å². The van der Waals surface area contributed by atoms with Crippen molar-refractivity contribution in [2.45, 2.75) is 44.1 Å². The number of anilines is 1. The summed E-state index contributed by atoms with van der Waals surface area (Å²) in [5, 5.41) is 19.5. The van der Waals surface area contributed by atoms with Crippen LogP contribution >= 0.6 is 0 Å². The van der Waals surface area contributed by atoms with Gasteiger partial charge in [0.25, 0.3) is 0 Å². The summed E-state index contributed by atoms with van der Waals surface area (Å²) in [5.41, 5.74) is 0.353. The third-order valence-corrected chi connectivity index (χ3v) is 5.24. The van der Waals surface area contributed by atoms with E-state index in [1.54, 1.807) is 6.07 Å². The number of alkyl halides is 3. The van der Waals surface area contributed by atoms with E-state index in [9.17, 15) is 13.2 Å². The van der Waals surface area contributed by atoms with Crippen LogP contribution in [0.1, 0.15) is 30.1 Å². The van der Waals surface area contributed by atoms with Gasteiger partial charge in [0.15, 0.2) is 0 Å². The van der Waals surface area contributed by atoms with Crippen molar-refractivity contribution in [3.8, 4) is 6.07 Å². The van der Waals surface area contributed by atoms with Gasteiger partial charge in [0.1, 0.15) is 29.1 Å². The Kier molecular flexibility index (Phi) is 7.06. The second kappa shape index (κ2) is 9.58. The number of aromatic nitrogens is 1. The minimum absolute atomic E-state index is 0.0772. The van der Waals surface area contributed by atoms with Crippen molar-refractivity contribution in [1.82, 2.24) is 9.88 Å². The summed E-state index contributed by atoms with van der Waals surface area (Å²) in [6.45, 7) is 5.43. The molecule has 0 aliphatic carbocycles. The molecule has 32 heavy (non-hydrogen) atoms. The molecule has 2 N–H and O–H groups in total. The zero-order chi connectivity index (χ0) is 23.4. The van der Waals surface area contributed by atoms with Gasteiger partial charge in [-0.05, 0) is 37.6 Å². The number of ether oxygens (including phenoxy) is 1. The quantitative estimate of drug-likeness (QED) is 0.727. The number of hydrogen-bond acceptors (Lipinski definition) is 7. The maximum atomic E-state index is 10.6. The number of furan rings is 1. The van der Waals surface area contributed by atoms with E-state index >= 15 is 0 Å². The summed E-state index contributed by atoms with van der Waals surface area (Å²) >= 11 is 0. The highest BCUT2D eigenvalue weighted by molar-refractivity contribution is 5.73. The lowest BCUT2D eigenvalue weighted by Crippen LogP contribution is -2.33. The molecule has 4 heterocycles. The predicted octanol–water partition coefficient (Wildman–Crippen LogP) is 3.33. The van der Waals surface area contributed by atoms with Crippen LogP contribution in [0.25, 0.3) is 0 Å². The van der Waals surface area contributed by atoms with Crippen molar-refractivity contribution < 1.29 is 32.2 Å². The molecule has 0 bridgehead atoms. The first kappa shape index (κ1) is 23.6. The number of aryl methyl sites for hydroxylation is 1. The zero-order valence-electron chi connectivity index (χ0n) is 17.4. The number of halogens is 3. The molecule has 2 unspecified atom stereocenters. The lowest BCUT2D eigenvalue weighted by atomic mass is 9.97. The van der Waals surface area contributed by atoms with Crippen LogP contribution in [-0.2, 0) is 16.1 Å². The number of nitrogens with one attached hydrogen (secondary N) is 1. The number of carboxylic acid groups (broad SMARTS) is 1. The number of hydrogen-bond donors (Lipinski definition) is 2. The second-order valence-corrected chi connectivity index (χ2v) is 7.84. The normalized spacial score (nSPS) is 22.9. The van der Waals surface area contributed by atoms with Gasteiger partial charge >= 0.3 is 12.1 Å². The van der Waals surface area contributed by atoms with E-state index < -0.39 is 12.1 Å². The summed E-state index contributed by atoms with van der Waals surface area (Å²) in [6.07, 6.45) is -3.09. The molecule has 0 amide bonds. The maximum Gasteiger partial charge on any atom is 0.490 e. The molecule has 0 aromatic carbocycles. The number of nitrogens with zero attached hydrogens (tertiary/aromatic N) is 3. The molecule has 4 rings (SSSR count). The Hall–Kier alpha value is -3.10. The van der Waals surface area contributed by atoms with E-state index in [0.717, 1.165) is 49.8 Å². The summed E-state index contributed by atoms with van der Waals surface area (Å²) < 4.78 is 43.6. The predicted molar refractivity (Wildman–Crippen MR) is 107 cm³/mol. The highest BCUT2D eigenvalue weighted by Crippen LogP contribution is 2.36. The molecular formula is C21H23F3N4O4. The first-order valence-corrected chi connectivity index (χ1v) is 9.94. The van der Waals surface area contributed by atoms with Crippen LogP contribution in [0.3, 0.4) is 0 Å². The van der Waals surface area contributed by atoms with Crippen molar-refractivity contribution in [3.63, 3.8) is 0 Å². The first-order chi connectivity index (χ1) is 15.1. The molecule has 0 saturated carbocycles. The topological polar surface area (TPSA) is 112 Å².